The molecule has 0 bridgehead atoms. The third-order valence-corrected chi connectivity index (χ3v) is 2.93. The first-order valence-electron chi connectivity index (χ1n) is 4.44. The maximum atomic E-state index is 5.55. The number of rotatable bonds is 1. The highest BCUT2D eigenvalue weighted by molar-refractivity contribution is 4.95. The van der Waals surface area contributed by atoms with Crippen LogP contribution >= 0.6 is 0 Å². The van der Waals surface area contributed by atoms with Gasteiger partial charge in [0.2, 0.25) is 0 Å². The molecule has 1 heteroatoms. The zero-order chi connectivity index (χ0) is 7.14. The van der Waals surface area contributed by atoms with E-state index in [1.54, 1.807) is 0 Å². The molecule has 0 spiro atoms. The van der Waals surface area contributed by atoms with E-state index >= 15 is 0 Å². The molecule has 2 rings (SSSR count). The Balaban J connectivity index is 1.96. The molecule has 1 aliphatic heterocycles. The fourth-order valence-corrected chi connectivity index (χ4v) is 2.20. The van der Waals surface area contributed by atoms with Crippen LogP contribution in [0.4, 0.5) is 0 Å². The number of hydrogen-bond donors (Lipinski definition) is 0. The van der Waals surface area contributed by atoms with Gasteiger partial charge in [0.15, 0.2) is 0 Å². The summed E-state index contributed by atoms with van der Waals surface area (Å²) in [5.41, 5.74) is 0. The third-order valence-electron chi connectivity index (χ3n) is 2.93. The van der Waals surface area contributed by atoms with Crippen molar-refractivity contribution in [3.8, 4) is 0 Å². The number of ether oxygens (including phenoxy) is 1. The van der Waals surface area contributed by atoms with Crippen molar-refractivity contribution in [3.05, 3.63) is 0 Å². The van der Waals surface area contributed by atoms with Crippen LogP contribution < -0.4 is 0 Å². The summed E-state index contributed by atoms with van der Waals surface area (Å²) in [6.45, 7) is 4.63. The van der Waals surface area contributed by atoms with Crippen LogP contribution in [-0.2, 0) is 4.74 Å². The largest absolute Gasteiger partial charge is 0.369 e. The van der Waals surface area contributed by atoms with Crippen molar-refractivity contribution in [2.45, 2.75) is 45.3 Å². The molecule has 0 aromatic rings. The van der Waals surface area contributed by atoms with E-state index < -0.39 is 0 Å². The maximum absolute atomic E-state index is 5.55. The van der Waals surface area contributed by atoms with Gasteiger partial charge in [-0.2, -0.15) is 0 Å². The molecule has 10 heavy (non-hydrogen) atoms. The highest BCUT2D eigenvalue weighted by Gasteiger charge is 2.47. The lowest BCUT2D eigenvalue weighted by Gasteiger charge is -2.21. The fourth-order valence-electron chi connectivity index (χ4n) is 2.20. The van der Waals surface area contributed by atoms with Crippen molar-refractivity contribution in [3.63, 3.8) is 0 Å². The summed E-state index contributed by atoms with van der Waals surface area (Å²) in [4.78, 5) is 0. The van der Waals surface area contributed by atoms with E-state index in [0.717, 1.165) is 11.8 Å². The average molecular weight is 140 g/mol. The van der Waals surface area contributed by atoms with E-state index in [0.29, 0.717) is 12.2 Å². The molecular formula is C9H16O. The SMILES string of the molecule is CC(C)[C@@H]1CCC[C@@H]2O[C@@H]21. The summed E-state index contributed by atoms with van der Waals surface area (Å²) in [6.07, 6.45) is 5.45. The molecule has 2 aliphatic rings. The number of fused-ring (bicyclic) bond motifs is 1. The fraction of sp³-hybridized carbons (Fsp3) is 1.00. The van der Waals surface area contributed by atoms with E-state index in [1.807, 2.05) is 0 Å². The third kappa shape index (κ3) is 0.968. The Labute approximate surface area is 62.8 Å². The van der Waals surface area contributed by atoms with Crippen molar-refractivity contribution < 1.29 is 4.74 Å². The Kier molecular flexibility index (Phi) is 1.48. The van der Waals surface area contributed by atoms with Gasteiger partial charge in [-0.3, -0.25) is 0 Å². The Hall–Kier alpha value is -0.0400. The van der Waals surface area contributed by atoms with Crippen LogP contribution in [-0.4, -0.2) is 12.2 Å². The molecule has 0 aromatic heterocycles. The van der Waals surface area contributed by atoms with Crippen LogP contribution in [0.5, 0.6) is 0 Å². The van der Waals surface area contributed by atoms with Gasteiger partial charge in [0, 0.05) is 0 Å². The average Bonchev–Trinajstić information content (AvgIpc) is 2.63. The first kappa shape index (κ1) is 6.66. The van der Waals surface area contributed by atoms with Crippen molar-refractivity contribution >= 4 is 0 Å². The summed E-state index contributed by atoms with van der Waals surface area (Å²) < 4.78 is 5.55. The van der Waals surface area contributed by atoms with Crippen LogP contribution in [0.15, 0.2) is 0 Å². The van der Waals surface area contributed by atoms with Gasteiger partial charge < -0.3 is 4.74 Å². The summed E-state index contributed by atoms with van der Waals surface area (Å²) in [7, 11) is 0. The predicted molar refractivity (Wildman–Crippen MR) is 40.8 cm³/mol. The van der Waals surface area contributed by atoms with Crippen LogP contribution in [0.3, 0.4) is 0 Å². The van der Waals surface area contributed by atoms with Gasteiger partial charge in [0.1, 0.15) is 0 Å². The number of hydrogen-bond acceptors (Lipinski definition) is 1. The zero-order valence-electron chi connectivity index (χ0n) is 6.84. The van der Waals surface area contributed by atoms with Gasteiger partial charge in [-0.1, -0.05) is 20.3 Å². The molecule has 0 N–H and O–H groups in total. The molecule has 2 fully saturated rings. The molecule has 3 atom stereocenters. The summed E-state index contributed by atoms with van der Waals surface area (Å²) in [6, 6.07) is 0. The van der Waals surface area contributed by atoms with Gasteiger partial charge in [-0.05, 0) is 24.7 Å². The van der Waals surface area contributed by atoms with E-state index in [1.165, 1.54) is 19.3 Å². The highest BCUT2D eigenvalue weighted by atomic mass is 16.6. The Morgan fingerprint density at radius 1 is 1.30 bits per heavy atom. The normalized spacial score (nSPS) is 45.3. The summed E-state index contributed by atoms with van der Waals surface area (Å²) in [5, 5.41) is 0. The van der Waals surface area contributed by atoms with Gasteiger partial charge in [0.05, 0.1) is 12.2 Å². The maximum Gasteiger partial charge on any atom is 0.0872 e. The molecule has 0 radical (unpaired) electrons. The molecule has 0 amide bonds. The molecule has 1 nitrogen and oxygen atoms in total. The second kappa shape index (κ2) is 2.23. The molecule has 1 heterocycles. The lowest BCUT2D eigenvalue weighted by molar-refractivity contribution is 0.262. The minimum absolute atomic E-state index is 0.661. The first-order chi connectivity index (χ1) is 4.79. The monoisotopic (exact) mass is 140 g/mol. The smallest absolute Gasteiger partial charge is 0.0872 e. The van der Waals surface area contributed by atoms with Gasteiger partial charge in [-0.25, -0.2) is 0 Å². The van der Waals surface area contributed by atoms with E-state index in [-0.39, 0.29) is 0 Å². The van der Waals surface area contributed by atoms with Crippen molar-refractivity contribution in [2.24, 2.45) is 11.8 Å². The van der Waals surface area contributed by atoms with E-state index in [9.17, 15) is 0 Å². The van der Waals surface area contributed by atoms with Crippen LogP contribution in [0.2, 0.25) is 0 Å². The quantitative estimate of drug-likeness (QED) is 0.509. The Morgan fingerprint density at radius 3 is 2.70 bits per heavy atom. The van der Waals surface area contributed by atoms with Crippen LogP contribution in [0.25, 0.3) is 0 Å². The standard InChI is InChI=1S/C9H16O/c1-6(2)7-4-3-5-8-9(7)10-8/h6-9H,3-5H2,1-2H3/t7-,8-,9+/m0/s1. The number of epoxide rings is 1. The lowest BCUT2D eigenvalue weighted by Crippen LogP contribution is -2.21. The van der Waals surface area contributed by atoms with E-state index in [4.69, 9.17) is 4.74 Å². The molecule has 58 valence electrons. The molecule has 1 saturated carbocycles. The minimum atomic E-state index is 0.661. The minimum Gasteiger partial charge on any atom is -0.369 e. The molecule has 0 unspecified atom stereocenters. The predicted octanol–water partition coefficient (Wildman–Crippen LogP) is 2.21. The first-order valence-corrected chi connectivity index (χ1v) is 4.44. The van der Waals surface area contributed by atoms with Crippen molar-refractivity contribution in [2.75, 3.05) is 0 Å². The zero-order valence-corrected chi connectivity index (χ0v) is 6.84. The van der Waals surface area contributed by atoms with Gasteiger partial charge in [-0.15, -0.1) is 0 Å². The second-order valence-corrected chi connectivity index (χ2v) is 3.98. The second-order valence-electron chi connectivity index (χ2n) is 3.98. The summed E-state index contributed by atoms with van der Waals surface area (Å²) in [5.74, 6) is 1.70. The Bertz CT molecular complexity index is 131. The summed E-state index contributed by atoms with van der Waals surface area (Å²) >= 11 is 0. The molecule has 0 aromatic carbocycles. The lowest BCUT2D eigenvalue weighted by atomic mass is 9.82. The topological polar surface area (TPSA) is 12.5 Å². The van der Waals surface area contributed by atoms with Gasteiger partial charge >= 0.3 is 0 Å². The molecule has 1 aliphatic carbocycles. The molecular weight excluding hydrogens is 124 g/mol. The van der Waals surface area contributed by atoms with Crippen molar-refractivity contribution in [1.29, 1.82) is 0 Å². The Morgan fingerprint density at radius 2 is 2.10 bits per heavy atom. The molecule has 1 saturated heterocycles. The highest BCUT2D eigenvalue weighted by Crippen LogP contribution is 2.43. The van der Waals surface area contributed by atoms with Gasteiger partial charge in [0.25, 0.3) is 0 Å². The van der Waals surface area contributed by atoms with E-state index in [2.05, 4.69) is 13.8 Å². The van der Waals surface area contributed by atoms with Crippen molar-refractivity contribution in [1.82, 2.24) is 0 Å². The van der Waals surface area contributed by atoms with Crippen LogP contribution in [0, 0.1) is 11.8 Å². The van der Waals surface area contributed by atoms with Crippen LogP contribution in [0.1, 0.15) is 33.1 Å².